The fraction of sp³-hybridized carbons (Fsp3) is 0.391. The lowest BCUT2D eigenvalue weighted by atomic mass is 10.1. The fourth-order valence-electron chi connectivity index (χ4n) is 2.84. The van der Waals surface area contributed by atoms with Gasteiger partial charge in [0, 0.05) is 13.1 Å². The van der Waals surface area contributed by atoms with Gasteiger partial charge in [-0.15, -0.1) is 0 Å². The number of ether oxygens (including phenoxy) is 1. The molecular formula is C23H30N2O3. The maximum absolute atomic E-state index is 12.9. The largest absolute Gasteiger partial charge is 0.484 e. The number of nitrogens with one attached hydrogen (secondary N) is 1. The summed E-state index contributed by atoms with van der Waals surface area (Å²) in [4.78, 5) is 27.0. The Labute approximate surface area is 167 Å². The molecule has 0 fully saturated rings. The molecule has 0 heterocycles. The van der Waals surface area contributed by atoms with Crippen LogP contribution in [0.3, 0.4) is 0 Å². The number of rotatable bonds is 10. The summed E-state index contributed by atoms with van der Waals surface area (Å²) in [6.07, 6.45) is 1.92. The van der Waals surface area contributed by atoms with Crippen molar-refractivity contribution in [1.82, 2.24) is 10.2 Å². The Morgan fingerprint density at radius 1 is 1.07 bits per heavy atom. The van der Waals surface area contributed by atoms with Gasteiger partial charge in [-0.25, -0.2) is 0 Å². The molecule has 28 heavy (non-hydrogen) atoms. The molecule has 0 aliphatic heterocycles. The van der Waals surface area contributed by atoms with Gasteiger partial charge in [-0.3, -0.25) is 9.59 Å². The lowest BCUT2D eigenvalue weighted by Crippen LogP contribution is -2.49. The van der Waals surface area contributed by atoms with E-state index in [4.69, 9.17) is 4.74 Å². The van der Waals surface area contributed by atoms with E-state index in [1.165, 1.54) is 0 Å². The van der Waals surface area contributed by atoms with Gasteiger partial charge in [-0.05, 0) is 37.5 Å². The van der Waals surface area contributed by atoms with E-state index in [9.17, 15) is 9.59 Å². The van der Waals surface area contributed by atoms with E-state index in [1.807, 2.05) is 61.5 Å². The topological polar surface area (TPSA) is 58.6 Å². The summed E-state index contributed by atoms with van der Waals surface area (Å²) in [7, 11) is 0. The molecule has 5 nitrogen and oxygen atoms in total. The van der Waals surface area contributed by atoms with Crippen LogP contribution in [0, 0.1) is 6.92 Å². The second-order valence-electron chi connectivity index (χ2n) is 6.88. The summed E-state index contributed by atoms with van der Waals surface area (Å²) in [5.41, 5.74) is 1.94. The normalized spacial score (nSPS) is 11.5. The Balaban J connectivity index is 2.08. The maximum atomic E-state index is 12.9. The number of para-hydroxylation sites is 1. The number of carbonyl (C=O) groups is 2. The molecule has 0 unspecified atom stereocenters. The minimum atomic E-state index is -0.579. The van der Waals surface area contributed by atoms with Crippen LogP contribution in [0.4, 0.5) is 0 Å². The van der Waals surface area contributed by atoms with Crippen molar-refractivity contribution < 1.29 is 14.3 Å². The molecule has 0 aliphatic carbocycles. The highest BCUT2D eigenvalue weighted by atomic mass is 16.5. The van der Waals surface area contributed by atoms with Crippen LogP contribution in [-0.2, 0) is 16.1 Å². The van der Waals surface area contributed by atoms with Crippen LogP contribution >= 0.6 is 0 Å². The Bertz CT molecular complexity index is 761. The third-order valence-electron chi connectivity index (χ3n) is 4.64. The lowest BCUT2D eigenvalue weighted by Gasteiger charge is -2.29. The molecule has 0 aromatic heterocycles. The maximum Gasteiger partial charge on any atom is 0.261 e. The summed E-state index contributed by atoms with van der Waals surface area (Å²) < 4.78 is 5.72. The Morgan fingerprint density at radius 2 is 1.75 bits per heavy atom. The summed E-state index contributed by atoms with van der Waals surface area (Å²) in [6, 6.07) is 16.7. The van der Waals surface area contributed by atoms with Gasteiger partial charge in [0.1, 0.15) is 11.8 Å². The fourth-order valence-corrected chi connectivity index (χ4v) is 2.84. The standard InChI is InChI=1S/C23H30N2O3/c1-4-5-15-24-23(27)19(3)25(16-20-12-7-6-8-13-20)22(26)17-28-21-14-10-9-11-18(21)2/h6-14,19H,4-5,15-17H2,1-3H3,(H,24,27)/t19-/m1/s1. The molecule has 0 spiro atoms. The minimum absolute atomic E-state index is 0.107. The predicted octanol–water partition coefficient (Wildman–Crippen LogP) is 3.71. The first-order chi connectivity index (χ1) is 13.5. The van der Waals surface area contributed by atoms with Gasteiger partial charge in [0.05, 0.1) is 0 Å². The number of nitrogens with zero attached hydrogens (tertiary/aromatic N) is 1. The van der Waals surface area contributed by atoms with E-state index in [-0.39, 0.29) is 18.4 Å². The monoisotopic (exact) mass is 382 g/mol. The average molecular weight is 383 g/mol. The molecule has 1 atom stereocenters. The van der Waals surface area contributed by atoms with E-state index in [0.29, 0.717) is 18.8 Å². The van der Waals surface area contributed by atoms with Gasteiger partial charge in [0.25, 0.3) is 5.91 Å². The Kier molecular flexibility index (Phi) is 8.53. The van der Waals surface area contributed by atoms with E-state index in [1.54, 1.807) is 11.8 Å². The number of hydrogen-bond acceptors (Lipinski definition) is 3. The first-order valence-electron chi connectivity index (χ1n) is 9.82. The minimum Gasteiger partial charge on any atom is -0.484 e. The van der Waals surface area contributed by atoms with Crippen LogP contribution in [-0.4, -0.2) is 35.9 Å². The van der Waals surface area contributed by atoms with E-state index < -0.39 is 6.04 Å². The van der Waals surface area contributed by atoms with Crippen molar-refractivity contribution in [2.75, 3.05) is 13.2 Å². The predicted molar refractivity (Wildman–Crippen MR) is 111 cm³/mol. The second kappa shape index (κ2) is 11.1. The molecule has 2 aromatic rings. The zero-order valence-electron chi connectivity index (χ0n) is 17.0. The SMILES string of the molecule is CCCCNC(=O)[C@@H](C)N(Cc1ccccc1)C(=O)COc1ccccc1C. The van der Waals surface area contributed by atoms with E-state index >= 15 is 0 Å². The second-order valence-corrected chi connectivity index (χ2v) is 6.88. The summed E-state index contributed by atoms with van der Waals surface area (Å²) in [5, 5.41) is 2.91. The molecule has 0 saturated heterocycles. The zero-order chi connectivity index (χ0) is 20.4. The van der Waals surface area contributed by atoms with Crippen LogP contribution in [0.2, 0.25) is 0 Å². The van der Waals surface area contributed by atoms with E-state index in [0.717, 1.165) is 24.0 Å². The number of aryl methyl sites for hydroxylation is 1. The van der Waals surface area contributed by atoms with Crippen molar-refractivity contribution in [2.24, 2.45) is 0 Å². The highest BCUT2D eigenvalue weighted by molar-refractivity contribution is 5.87. The molecule has 0 aliphatic rings. The first-order valence-corrected chi connectivity index (χ1v) is 9.82. The molecule has 2 amide bonds. The number of hydrogen-bond donors (Lipinski definition) is 1. The Morgan fingerprint density at radius 3 is 2.43 bits per heavy atom. The van der Waals surface area contributed by atoms with Gasteiger partial charge in [-0.1, -0.05) is 61.9 Å². The number of benzene rings is 2. The lowest BCUT2D eigenvalue weighted by molar-refractivity contribution is -0.142. The van der Waals surface area contributed by atoms with Crippen molar-refractivity contribution in [3.05, 3.63) is 65.7 Å². The van der Waals surface area contributed by atoms with Crippen LogP contribution in [0.5, 0.6) is 5.75 Å². The molecule has 150 valence electrons. The van der Waals surface area contributed by atoms with Gasteiger partial charge >= 0.3 is 0 Å². The quantitative estimate of drug-likeness (QED) is 0.637. The molecule has 0 saturated carbocycles. The number of unbranched alkanes of at least 4 members (excludes halogenated alkanes) is 1. The zero-order valence-corrected chi connectivity index (χ0v) is 17.0. The van der Waals surface area contributed by atoms with Gasteiger partial charge in [0.15, 0.2) is 6.61 Å². The summed E-state index contributed by atoms with van der Waals surface area (Å²) in [6.45, 7) is 6.64. The highest BCUT2D eigenvalue weighted by Crippen LogP contribution is 2.17. The molecule has 5 heteroatoms. The van der Waals surface area contributed by atoms with Crippen LogP contribution in [0.1, 0.15) is 37.8 Å². The van der Waals surface area contributed by atoms with Crippen molar-refractivity contribution in [1.29, 1.82) is 0 Å². The summed E-state index contributed by atoms with van der Waals surface area (Å²) in [5.74, 6) is 0.314. The van der Waals surface area contributed by atoms with Crippen molar-refractivity contribution in [3.8, 4) is 5.75 Å². The van der Waals surface area contributed by atoms with Crippen molar-refractivity contribution in [2.45, 2.75) is 46.2 Å². The molecular weight excluding hydrogens is 352 g/mol. The van der Waals surface area contributed by atoms with Crippen LogP contribution < -0.4 is 10.1 Å². The number of carbonyl (C=O) groups excluding carboxylic acids is 2. The Hall–Kier alpha value is -2.82. The molecule has 0 radical (unpaired) electrons. The first kappa shape index (κ1) is 21.5. The molecule has 1 N–H and O–H groups in total. The molecule has 2 aromatic carbocycles. The van der Waals surface area contributed by atoms with Crippen molar-refractivity contribution >= 4 is 11.8 Å². The van der Waals surface area contributed by atoms with E-state index in [2.05, 4.69) is 12.2 Å². The average Bonchev–Trinajstić information content (AvgIpc) is 2.71. The third kappa shape index (κ3) is 6.41. The van der Waals surface area contributed by atoms with Gasteiger partial charge in [0.2, 0.25) is 5.91 Å². The number of amides is 2. The van der Waals surface area contributed by atoms with Gasteiger partial charge < -0.3 is 15.0 Å². The molecule has 0 bridgehead atoms. The smallest absolute Gasteiger partial charge is 0.261 e. The van der Waals surface area contributed by atoms with Gasteiger partial charge in [-0.2, -0.15) is 0 Å². The van der Waals surface area contributed by atoms with Crippen LogP contribution in [0.15, 0.2) is 54.6 Å². The molecule has 2 rings (SSSR count). The van der Waals surface area contributed by atoms with Crippen molar-refractivity contribution in [3.63, 3.8) is 0 Å². The third-order valence-corrected chi connectivity index (χ3v) is 4.64. The summed E-state index contributed by atoms with van der Waals surface area (Å²) >= 11 is 0. The van der Waals surface area contributed by atoms with Crippen LogP contribution in [0.25, 0.3) is 0 Å². The highest BCUT2D eigenvalue weighted by Gasteiger charge is 2.26.